The molecule has 3 heterocycles. The molecule has 0 aliphatic heterocycles. The minimum absolute atomic E-state index is 0.610. The fourth-order valence-corrected chi connectivity index (χ4v) is 8.74. The molecule has 0 bridgehead atoms. The number of para-hydroxylation sites is 1. The van der Waals surface area contributed by atoms with E-state index in [9.17, 15) is 0 Å². The Morgan fingerprint density at radius 1 is 0.415 bits per heavy atom. The Balaban J connectivity index is 1.18. The molecule has 0 aliphatic rings. The number of fused-ring (bicyclic) bond motifs is 13. The van der Waals surface area contributed by atoms with E-state index in [1.807, 2.05) is 36.4 Å². The van der Waals surface area contributed by atoms with Gasteiger partial charge in [-0.25, -0.2) is 4.98 Å². The van der Waals surface area contributed by atoms with Crippen molar-refractivity contribution in [3.63, 3.8) is 0 Å². The van der Waals surface area contributed by atoms with E-state index in [-0.39, 0.29) is 0 Å². The van der Waals surface area contributed by atoms with E-state index in [1.165, 1.54) is 43.4 Å². The molecular weight excluding hydrogens is 649 g/mol. The lowest BCUT2D eigenvalue weighted by Crippen LogP contribution is -1.96. The number of oxazole rings is 1. The van der Waals surface area contributed by atoms with Gasteiger partial charge in [-0.15, -0.1) is 0 Å². The van der Waals surface area contributed by atoms with Crippen LogP contribution < -0.4 is 0 Å². The molecule has 0 fully saturated rings. The van der Waals surface area contributed by atoms with Gasteiger partial charge in [-0.05, 0) is 68.9 Å². The van der Waals surface area contributed by atoms with Crippen molar-refractivity contribution in [2.45, 2.75) is 0 Å². The second-order valence-electron chi connectivity index (χ2n) is 13.8. The zero-order valence-electron chi connectivity index (χ0n) is 28.4. The summed E-state index contributed by atoms with van der Waals surface area (Å²) in [5.74, 6) is 0.610. The highest BCUT2D eigenvalue weighted by Crippen LogP contribution is 2.46. The minimum atomic E-state index is 0.610. The van der Waals surface area contributed by atoms with Gasteiger partial charge in [0.1, 0.15) is 16.7 Å². The SMILES string of the molecule is c1ccc(-c2nc3cccc(-c4cccc5oc6cc(-n7c8ccc9ccccc9c8c8c9ccccc9ccc87)c7ccccc7c6c45)c3o2)cc1. The quantitative estimate of drug-likeness (QED) is 0.187. The molecule has 9 aromatic carbocycles. The van der Waals surface area contributed by atoms with E-state index in [0.29, 0.717) is 5.89 Å². The minimum Gasteiger partial charge on any atom is -0.456 e. The predicted molar refractivity (Wildman–Crippen MR) is 219 cm³/mol. The Morgan fingerprint density at radius 2 is 1.04 bits per heavy atom. The standard InChI is InChI=1S/C49H28N2O2/c1-2-14-31(15-3-1)49-50-38-22-10-21-37(48(38)53-49)36-20-11-23-42-46(36)47-35-19-9-8-18-34(35)41(28-43(47)52-42)51-39-26-24-29-12-4-6-16-32(29)44(39)45-33-17-7-5-13-30(33)25-27-40(45)51/h1-28H. The number of hydrogen-bond donors (Lipinski definition) is 0. The van der Waals surface area contributed by atoms with Crippen LogP contribution in [0.2, 0.25) is 0 Å². The second kappa shape index (κ2) is 10.7. The number of furan rings is 1. The van der Waals surface area contributed by atoms with E-state index in [4.69, 9.17) is 13.8 Å². The predicted octanol–water partition coefficient (Wildman–Crippen LogP) is 13.6. The van der Waals surface area contributed by atoms with Crippen LogP contribution in [0.15, 0.2) is 179 Å². The van der Waals surface area contributed by atoms with Crippen molar-refractivity contribution in [2.24, 2.45) is 0 Å². The van der Waals surface area contributed by atoms with Gasteiger partial charge in [-0.1, -0.05) is 127 Å². The Kier molecular flexibility index (Phi) is 5.74. The first-order valence-electron chi connectivity index (χ1n) is 18.0. The molecule has 12 rings (SSSR count). The number of benzene rings is 9. The molecule has 12 aromatic rings. The fourth-order valence-electron chi connectivity index (χ4n) is 8.74. The van der Waals surface area contributed by atoms with Crippen LogP contribution in [0.4, 0.5) is 0 Å². The summed E-state index contributed by atoms with van der Waals surface area (Å²) in [4.78, 5) is 4.88. The third-order valence-electron chi connectivity index (χ3n) is 11.0. The zero-order valence-corrected chi connectivity index (χ0v) is 28.4. The summed E-state index contributed by atoms with van der Waals surface area (Å²) in [6, 6.07) is 60.1. The molecule has 4 heteroatoms. The first kappa shape index (κ1) is 28.5. The van der Waals surface area contributed by atoms with Gasteiger partial charge in [-0.2, -0.15) is 0 Å². The van der Waals surface area contributed by atoms with Crippen LogP contribution in [0.25, 0.3) is 115 Å². The van der Waals surface area contributed by atoms with E-state index in [2.05, 4.69) is 138 Å². The highest BCUT2D eigenvalue weighted by atomic mass is 16.3. The third-order valence-corrected chi connectivity index (χ3v) is 11.0. The molecule has 0 saturated carbocycles. The van der Waals surface area contributed by atoms with Crippen LogP contribution >= 0.6 is 0 Å². The van der Waals surface area contributed by atoms with Crippen LogP contribution in [0, 0.1) is 0 Å². The molecule has 246 valence electrons. The summed E-state index contributed by atoms with van der Waals surface area (Å²) in [7, 11) is 0. The molecule has 0 saturated heterocycles. The van der Waals surface area contributed by atoms with Crippen molar-refractivity contribution < 1.29 is 8.83 Å². The topological polar surface area (TPSA) is 44.1 Å². The first-order chi connectivity index (χ1) is 26.3. The van der Waals surface area contributed by atoms with Gasteiger partial charge < -0.3 is 13.4 Å². The van der Waals surface area contributed by atoms with Crippen molar-refractivity contribution in [3.05, 3.63) is 170 Å². The summed E-state index contributed by atoms with van der Waals surface area (Å²) in [6.45, 7) is 0. The maximum absolute atomic E-state index is 6.85. The average molecular weight is 677 g/mol. The molecule has 0 N–H and O–H groups in total. The fraction of sp³-hybridized carbons (Fsp3) is 0. The molecule has 0 radical (unpaired) electrons. The Morgan fingerprint density at radius 3 is 1.77 bits per heavy atom. The van der Waals surface area contributed by atoms with E-state index in [1.54, 1.807) is 0 Å². The molecule has 0 atom stereocenters. The highest BCUT2D eigenvalue weighted by molar-refractivity contribution is 6.30. The largest absolute Gasteiger partial charge is 0.456 e. The average Bonchev–Trinajstić information content (AvgIpc) is 3.93. The van der Waals surface area contributed by atoms with Gasteiger partial charge in [0.25, 0.3) is 0 Å². The van der Waals surface area contributed by atoms with Gasteiger partial charge in [0.2, 0.25) is 5.89 Å². The van der Waals surface area contributed by atoms with Gasteiger partial charge in [0.15, 0.2) is 5.58 Å². The summed E-state index contributed by atoms with van der Waals surface area (Å²) in [6.07, 6.45) is 0. The number of aromatic nitrogens is 2. The summed E-state index contributed by atoms with van der Waals surface area (Å²) >= 11 is 0. The molecule has 4 nitrogen and oxygen atoms in total. The van der Waals surface area contributed by atoms with Crippen LogP contribution in [0.5, 0.6) is 0 Å². The van der Waals surface area contributed by atoms with E-state index < -0.39 is 0 Å². The zero-order chi connectivity index (χ0) is 34.6. The molecule has 0 spiro atoms. The second-order valence-corrected chi connectivity index (χ2v) is 13.8. The van der Waals surface area contributed by atoms with E-state index >= 15 is 0 Å². The number of rotatable bonds is 3. The molecule has 0 unspecified atom stereocenters. The van der Waals surface area contributed by atoms with Crippen molar-refractivity contribution in [1.82, 2.24) is 9.55 Å². The van der Waals surface area contributed by atoms with Crippen molar-refractivity contribution in [2.75, 3.05) is 0 Å². The molecule has 0 aliphatic carbocycles. The van der Waals surface area contributed by atoms with Gasteiger partial charge in [-0.3, -0.25) is 0 Å². The van der Waals surface area contributed by atoms with Gasteiger partial charge in [0.05, 0.1) is 16.7 Å². The Labute approximate surface area is 302 Å². The Hall–Kier alpha value is -7.17. The summed E-state index contributed by atoms with van der Waals surface area (Å²) in [5, 5.41) is 11.9. The smallest absolute Gasteiger partial charge is 0.227 e. The van der Waals surface area contributed by atoms with Crippen LogP contribution in [-0.4, -0.2) is 9.55 Å². The lowest BCUT2D eigenvalue weighted by molar-refractivity contribution is 0.621. The van der Waals surface area contributed by atoms with Crippen LogP contribution in [-0.2, 0) is 0 Å². The van der Waals surface area contributed by atoms with Crippen LogP contribution in [0.1, 0.15) is 0 Å². The molecule has 3 aromatic heterocycles. The molecular formula is C49H28N2O2. The lowest BCUT2D eigenvalue weighted by Gasteiger charge is -2.13. The normalized spacial score (nSPS) is 12.2. The van der Waals surface area contributed by atoms with E-state index in [0.717, 1.165) is 66.2 Å². The number of nitrogens with zero attached hydrogens (tertiary/aromatic N) is 2. The summed E-state index contributed by atoms with van der Waals surface area (Å²) < 4.78 is 15.8. The molecule has 0 amide bonds. The molecule has 53 heavy (non-hydrogen) atoms. The van der Waals surface area contributed by atoms with Crippen molar-refractivity contribution >= 4 is 87.2 Å². The van der Waals surface area contributed by atoms with Crippen molar-refractivity contribution in [3.8, 4) is 28.3 Å². The third kappa shape index (κ3) is 3.98. The summed E-state index contributed by atoms with van der Waals surface area (Å²) in [5.41, 5.74) is 9.67. The monoisotopic (exact) mass is 676 g/mol. The maximum atomic E-state index is 6.85. The maximum Gasteiger partial charge on any atom is 0.227 e. The van der Waals surface area contributed by atoms with Crippen LogP contribution in [0.3, 0.4) is 0 Å². The Bertz CT molecular complexity index is 3360. The van der Waals surface area contributed by atoms with Crippen molar-refractivity contribution in [1.29, 1.82) is 0 Å². The number of hydrogen-bond acceptors (Lipinski definition) is 3. The highest BCUT2D eigenvalue weighted by Gasteiger charge is 2.23. The lowest BCUT2D eigenvalue weighted by atomic mass is 9.95. The van der Waals surface area contributed by atoms with Gasteiger partial charge in [0, 0.05) is 44.1 Å². The first-order valence-corrected chi connectivity index (χ1v) is 18.0. The van der Waals surface area contributed by atoms with Gasteiger partial charge >= 0.3 is 0 Å².